The first-order chi connectivity index (χ1) is 25.8. The standard InChI is InChI=1S/C40H40N6O8/c1-21-16-23(17-22(2)34(21)47)33-25-12-15-44-38(51)43(14-13-27-36(49)42(4)30-20-32(54-6)31(53-5)19-28(30)41-27)39(52)46(44)29(25)18-26-35(48)45(37(50)40(26,33)3)24-10-8-7-9-11-24/h7-12,16-17,19-20,26,29,33,47H,13-15,18H2,1-6H3. The van der Waals surface area contributed by atoms with Crippen LogP contribution in [0.2, 0.25) is 0 Å². The number of aromatic nitrogens is 5. The van der Waals surface area contributed by atoms with Gasteiger partial charge in [0.2, 0.25) is 11.8 Å². The Morgan fingerprint density at radius 2 is 1.59 bits per heavy atom. The molecule has 8 rings (SSSR count). The number of ether oxygens (including phenoxy) is 2. The summed E-state index contributed by atoms with van der Waals surface area (Å²) in [5, 5.41) is 10.7. The van der Waals surface area contributed by atoms with Gasteiger partial charge in [-0.15, -0.1) is 0 Å². The van der Waals surface area contributed by atoms with Crippen molar-refractivity contribution in [1.29, 1.82) is 0 Å². The lowest BCUT2D eigenvalue weighted by atomic mass is 9.56. The molecule has 0 radical (unpaired) electrons. The number of allylic oxidation sites excluding steroid dienone is 2. The first-order valence-corrected chi connectivity index (χ1v) is 17.8. The zero-order valence-electron chi connectivity index (χ0n) is 30.8. The molecule has 0 bridgehead atoms. The lowest BCUT2D eigenvalue weighted by Crippen LogP contribution is -2.49. The molecule has 14 heteroatoms. The van der Waals surface area contributed by atoms with Crippen molar-refractivity contribution in [3.63, 3.8) is 0 Å². The van der Waals surface area contributed by atoms with Crippen LogP contribution in [0.3, 0.4) is 0 Å². The van der Waals surface area contributed by atoms with E-state index < -0.39 is 34.7 Å². The SMILES string of the molecule is COc1cc2nc(CCn3c(=O)n4n(c3=O)C3CC5C(=O)N(c6ccccc6)C(=O)C5(C)C(c5cc(C)c(O)c(C)c5)C3=CC4)c(=O)n(C)c2cc1OC. The van der Waals surface area contributed by atoms with Crippen LogP contribution in [0, 0.1) is 25.2 Å². The third-order valence-electron chi connectivity index (χ3n) is 11.7. The molecule has 1 aliphatic carbocycles. The van der Waals surface area contributed by atoms with Gasteiger partial charge in [0, 0.05) is 38.1 Å². The number of phenols is 1. The molecule has 1 saturated heterocycles. The summed E-state index contributed by atoms with van der Waals surface area (Å²) in [5.74, 6) is -1.17. The second-order valence-corrected chi connectivity index (χ2v) is 14.6. The fraction of sp³-hybridized carbons (Fsp3) is 0.350. The molecular formula is C40H40N6O8. The monoisotopic (exact) mass is 732 g/mol. The Bertz CT molecular complexity index is 2610. The minimum atomic E-state index is -1.23. The molecule has 0 spiro atoms. The van der Waals surface area contributed by atoms with Gasteiger partial charge in [0.25, 0.3) is 5.56 Å². The van der Waals surface area contributed by atoms with Crippen molar-refractivity contribution in [1.82, 2.24) is 23.5 Å². The van der Waals surface area contributed by atoms with Gasteiger partial charge in [0.1, 0.15) is 11.4 Å². The number of aromatic hydroxyl groups is 1. The van der Waals surface area contributed by atoms with Crippen molar-refractivity contribution >= 4 is 28.5 Å². The number of phenolic OH excluding ortho intramolecular Hbond substituents is 1. The smallest absolute Gasteiger partial charge is 0.347 e. The lowest BCUT2D eigenvalue weighted by Gasteiger charge is -2.47. The summed E-state index contributed by atoms with van der Waals surface area (Å²) in [6.07, 6.45) is 2.00. The molecule has 3 aromatic carbocycles. The molecule has 54 heavy (non-hydrogen) atoms. The van der Waals surface area contributed by atoms with Crippen LogP contribution in [0.5, 0.6) is 17.2 Å². The predicted molar refractivity (Wildman–Crippen MR) is 199 cm³/mol. The number of rotatable bonds is 7. The van der Waals surface area contributed by atoms with Crippen molar-refractivity contribution in [2.24, 2.45) is 18.4 Å². The third-order valence-corrected chi connectivity index (χ3v) is 11.7. The van der Waals surface area contributed by atoms with Gasteiger partial charge < -0.3 is 19.1 Å². The summed E-state index contributed by atoms with van der Waals surface area (Å²) in [5.41, 5.74) is 1.61. The predicted octanol–water partition coefficient (Wildman–Crippen LogP) is 3.51. The van der Waals surface area contributed by atoms with Crippen molar-refractivity contribution in [3.8, 4) is 17.2 Å². The zero-order valence-corrected chi connectivity index (χ0v) is 30.8. The summed E-state index contributed by atoms with van der Waals surface area (Å²) in [4.78, 5) is 76.6. The first kappa shape index (κ1) is 34.9. The molecule has 14 nitrogen and oxygen atoms in total. The normalized spacial score (nSPS) is 21.9. The van der Waals surface area contributed by atoms with Crippen molar-refractivity contribution in [3.05, 3.63) is 120 Å². The number of anilines is 1. The Morgan fingerprint density at radius 3 is 2.26 bits per heavy atom. The fourth-order valence-electron chi connectivity index (χ4n) is 8.97. The number of carbonyl (C=O) groups is 2. The molecule has 1 saturated carbocycles. The highest BCUT2D eigenvalue weighted by molar-refractivity contribution is 6.24. The largest absolute Gasteiger partial charge is 0.507 e. The number of carbonyl (C=O) groups excluding carboxylic acids is 2. The Balaban J connectivity index is 1.21. The summed E-state index contributed by atoms with van der Waals surface area (Å²) >= 11 is 0. The number of hydrogen-bond acceptors (Lipinski definition) is 9. The van der Waals surface area contributed by atoms with Crippen LogP contribution >= 0.6 is 0 Å². The molecule has 278 valence electrons. The third kappa shape index (κ3) is 4.85. The zero-order chi connectivity index (χ0) is 38.4. The van der Waals surface area contributed by atoms with Gasteiger partial charge >= 0.3 is 11.4 Å². The molecular weight excluding hydrogens is 692 g/mol. The summed E-state index contributed by atoms with van der Waals surface area (Å²) in [6, 6.07) is 15.1. The number of imide groups is 1. The van der Waals surface area contributed by atoms with Gasteiger partial charge in [-0.2, -0.15) is 0 Å². The Morgan fingerprint density at radius 1 is 0.926 bits per heavy atom. The van der Waals surface area contributed by atoms with Crippen LogP contribution in [0.25, 0.3) is 11.0 Å². The molecule has 3 aliphatic rings. The number of methoxy groups -OCH3 is 2. The van der Waals surface area contributed by atoms with Gasteiger partial charge in [-0.3, -0.25) is 14.4 Å². The van der Waals surface area contributed by atoms with E-state index in [1.54, 1.807) is 57.3 Å². The van der Waals surface area contributed by atoms with Gasteiger partial charge in [0.05, 0.1) is 54.9 Å². The van der Waals surface area contributed by atoms with Crippen LogP contribution in [-0.2, 0) is 36.1 Å². The molecule has 5 aromatic rings. The molecule has 2 aromatic heterocycles. The van der Waals surface area contributed by atoms with E-state index in [0.29, 0.717) is 39.3 Å². The van der Waals surface area contributed by atoms with Crippen LogP contribution in [-0.4, -0.2) is 54.6 Å². The molecule has 2 amide bonds. The first-order valence-electron chi connectivity index (χ1n) is 17.8. The van der Waals surface area contributed by atoms with E-state index in [9.17, 15) is 29.1 Å². The van der Waals surface area contributed by atoms with Gasteiger partial charge in [-0.1, -0.05) is 36.4 Å². The maximum Gasteiger partial charge on any atom is 0.347 e. The molecule has 1 N–H and O–H groups in total. The maximum atomic E-state index is 14.6. The van der Waals surface area contributed by atoms with Gasteiger partial charge in [-0.05, 0) is 61.6 Å². The number of para-hydroxylation sites is 1. The van der Waals surface area contributed by atoms with E-state index in [1.165, 1.54) is 33.1 Å². The fourth-order valence-corrected chi connectivity index (χ4v) is 8.97. The van der Waals surface area contributed by atoms with Gasteiger partial charge in [-0.25, -0.2) is 33.4 Å². The molecule has 2 aliphatic heterocycles. The topological polar surface area (TPSA) is 160 Å². The van der Waals surface area contributed by atoms with E-state index in [1.807, 2.05) is 31.2 Å². The maximum absolute atomic E-state index is 14.6. The average Bonchev–Trinajstić information content (AvgIpc) is 3.52. The van der Waals surface area contributed by atoms with Crippen molar-refractivity contribution < 1.29 is 24.2 Å². The van der Waals surface area contributed by atoms with E-state index >= 15 is 0 Å². The van der Waals surface area contributed by atoms with Gasteiger partial charge in [0.15, 0.2) is 11.5 Å². The Kier molecular flexibility index (Phi) is 8.05. The van der Waals surface area contributed by atoms with Crippen LogP contribution < -0.4 is 31.3 Å². The van der Waals surface area contributed by atoms with Crippen molar-refractivity contribution in [2.75, 3.05) is 19.1 Å². The summed E-state index contributed by atoms with van der Waals surface area (Å²) in [7, 11) is 4.62. The Hall–Kier alpha value is -6.18. The number of benzene rings is 3. The molecule has 4 unspecified atom stereocenters. The highest BCUT2D eigenvalue weighted by Crippen LogP contribution is 2.61. The second kappa shape index (κ2) is 12.5. The highest BCUT2D eigenvalue weighted by atomic mass is 16.5. The van der Waals surface area contributed by atoms with Crippen LogP contribution in [0.1, 0.15) is 47.7 Å². The quantitative estimate of drug-likeness (QED) is 0.195. The summed E-state index contributed by atoms with van der Waals surface area (Å²) < 4.78 is 16.1. The van der Waals surface area contributed by atoms with E-state index in [4.69, 9.17) is 9.47 Å². The number of nitrogens with zero attached hydrogens (tertiary/aromatic N) is 6. The van der Waals surface area contributed by atoms with E-state index in [2.05, 4.69) is 4.98 Å². The molecule has 2 fully saturated rings. The van der Waals surface area contributed by atoms with E-state index in [-0.39, 0.29) is 54.7 Å². The highest BCUT2D eigenvalue weighted by Gasteiger charge is 2.65. The van der Waals surface area contributed by atoms with Crippen LogP contribution in [0.15, 0.2) is 80.6 Å². The number of hydrogen-bond donors (Lipinski definition) is 1. The summed E-state index contributed by atoms with van der Waals surface area (Å²) in [6.45, 7) is 5.33. The Labute approximate surface area is 309 Å². The number of fused-ring (bicyclic) bond motifs is 5. The van der Waals surface area contributed by atoms with Crippen LogP contribution in [0.4, 0.5) is 5.69 Å². The number of aryl methyl sites for hydroxylation is 4. The van der Waals surface area contributed by atoms with E-state index in [0.717, 1.165) is 15.7 Å². The second-order valence-electron chi connectivity index (χ2n) is 14.6. The average molecular weight is 733 g/mol. The molecule has 4 atom stereocenters. The van der Waals surface area contributed by atoms with Crippen molar-refractivity contribution in [2.45, 2.75) is 58.7 Å². The molecule has 4 heterocycles. The lowest BCUT2D eigenvalue weighted by molar-refractivity contribution is -0.129. The minimum absolute atomic E-state index is 0.00449. The number of amides is 2. The minimum Gasteiger partial charge on any atom is -0.507 e.